The summed E-state index contributed by atoms with van der Waals surface area (Å²) in [6.45, 7) is 0. The van der Waals surface area contributed by atoms with E-state index in [0.717, 1.165) is 42.5 Å². The lowest BCUT2D eigenvalue weighted by Crippen LogP contribution is -2.13. The number of rotatable bonds is 2. The van der Waals surface area contributed by atoms with Crippen LogP contribution in [0, 0.1) is 0 Å². The fraction of sp³-hybridized carbons (Fsp3) is 0.333. The first-order valence-corrected chi connectivity index (χ1v) is 7.48. The highest BCUT2D eigenvalue weighted by Crippen LogP contribution is 2.28. The van der Waals surface area contributed by atoms with E-state index in [1.807, 2.05) is 18.2 Å². The van der Waals surface area contributed by atoms with E-state index in [1.165, 1.54) is 0 Å². The van der Waals surface area contributed by atoms with Crippen LogP contribution in [0.2, 0.25) is 10.0 Å². The number of halogens is 2. The van der Waals surface area contributed by atoms with E-state index in [4.69, 9.17) is 28.9 Å². The summed E-state index contributed by atoms with van der Waals surface area (Å²) in [7, 11) is 0. The van der Waals surface area contributed by atoms with Crippen molar-refractivity contribution in [2.75, 3.05) is 5.73 Å². The van der Waals surface area contributed by atoms with E-state index in [-0.39, 0.29) is 0 Å². The molecule has 2 aromatic rings. The summed E-state index contributed by atoms with van der Waals surface area (Å²) in [4.78, 5) is 9.06. The number of anilines is 1. The van der Waals surface area contributed by atoms with Gasteiger partial charge in [0.2, 0.25) is 0 Å². The van der Waals surface area contributed by atoms with E-state index in [9.17, 15) is 0 Å². The fourth-order valence-corrected chi connectivity index (χ4v) is 3.15. The Balaban J connectivity index is 1.97. The Morgan fingerprint density at radius 2 is 1.75 bits per heavy atom. The maximum atomic E-state index is 6.19. The van der Waals surface area contributed by atoms with E-state index >= 15 is 0 Å². The SMILES string of the molecule is Nc1nc(Cc2c(Cl)cccc2Cl)nc2c1CCCC2. The van der Waals surface area contributed by atoms with E-state index in [1.54, 1.807) is 0 Å². The summed E-state index contributed by atoms with van der Waals surface area (Å²) in [5.41, 5.74) is 9.11. The zero-order valence-electron chi connectivity index (χ0n) is 11.0. The van der Waals surface area contributed by atoms with Crippen molar-refractivity contribution in [3.05, 3.63) is 50.9 Å². The number of nitrogens with two attached hydrogens (primary N) is 1. The average molecular weight is 308 g/mol. The molecule has 1 aromatic carbocycles. The monoisotopic (exact) mass is 307 g/mol. The number of nitrogen functional groups attached to an aromatic ring is 1. The predicted molar refractivity (Wildman–Crippen MR) is 82.4 cm³/mol. The molecule has 2 N–H and O–H groups in total. The Labute approximate surface area is 128 Å². The largest absolute Gasteiger partial charge is 0.383 e. The van der Waals surface area contributed by atoms with Gasteiger partial charge in [-0.1, -0.05) is 29.3 Å². The second-order valence-corrected chi connectivity index (χ2v) is 5.85. The number of hydrogen-bond donors (Lipinski definition) is 1. The molecule has 0 radical (unpaired) electrons. The topological polar surface area (TPSA) is 51.8 Å². The molecule has 0 amide bonds. The van der Waals surface area contributed by atoms with Crippen molar-refractivity contribution in [1.29, 1.82) is 0 Å². The number of aryl methyl sites for hydroxylation is 1. The van der Waals surface area contributed by atoms with Crippen LogP contribution in [0.15, 0.2) is 18.2 Å². The van der Waals surface area contributed by atoms with E-state index < -0.39 is 0 Å². The van der Waals surface area contributed by atoms with Gasteiger partial charge in [-0.25, -0.2) is 9.97 Å². The molecule has 1 aliphatic rings. The highest BCUT2D eigenvalue weighted by atomic mass is 35.5. The first-order chi connectivity index (χ1) is 9.65. The van der Waals surface area contributed by atoms with Gasteiger partial charge in [0.15, 0.2) is 0 Å². The molecule has 0 spiro atoms. The second-order valence-electron chi connectivity index (χ2n) is 5.03. The maximum absolute atomic E-state index is 6.19. The van der Waals surface area contributed by atoms with Crippen molar-refractivity contribution < 1.29 is 0 Å². The molecule has 20 heavy (non-hydrogen) atoms. The van der Waals surface area contributed by atoms with Gasteiger partial charge < -0.3 is 5.73 Å². The molecule has 5 heteroatoms. The fourth-order valence-electron chi connectivity index (χ4n) is 2.61. The molecule has 0 aliphatic heterocycles. The molecule has 1 aromatic heterocycles. The summed E-state index contributed by atoms with van der Waals surface area (Å²) < 4.78 is 0. The summed E-state index contributed by atoms with van der Waals surface area (Å²) in [6.07, 6.45) is 4.79. The first-order valence-electron chi connectivity index (χ1n) is 6.72. The zero-order valence-corrected chi connectivity index (χ0v) is 12.5. The van der Waals surface area contributed by atoms with Gasteiger partial charge in [-0.3, -0.25) is 0 Å². The van der Waals surface area contributed by atoms with Crippen molar-refractivity contribution >= 4 is 29.0 Å². The molecule has 0 atom stereocenters. The normalized spacial score (nSPS) is 14.1. The minimum Gasteiger partial charge on any atom is -0.383 e. The summed E-state index contributed by atoms with van der Waals surface area (Å²) in [5.74, 6) is 1.30. The molecular formula is C15H15Cl2N3. The number of aromatic nitrogens is 2. The molecule has 0 bridgehead atoms. The summed E-state index contributed by atoms with van der Waals surface area (Å²) >= 11 is 12.4. The highest BCUT2D eigenvalue weighted by molar-refractivity contribution is 6.36. The Hall–Kier alpha value is -1.32. The van der Waals surface area contributed by atoms with Crippen LogP contribution in [0.3, 0.4) is 0 Å². The van der Waals surface area contributed by atoms with E-state index in [2.05, 4.69) is 9.97 Å². The van der Waals surface area contributed by atoms with Gasteiger partial charge in [-0.05, 0) is 43.4 Å². The average Bonchev–Trinajstić information content (AvgIpc) is 2.43. The van der Waals surface area contributed by atoms with Crippen LogP contribution >= 0.6 is 23.2 Å². The van der Waals surface area contributed by atoms with Crippen molar-refractivity contribution in [2.24, 2.45) is 0 Å². The minimum absolute atomic E-state index is 0.510. The molecule has 3 rings (SSSR count). The van der Waals surface area contributed by atoms with E-state index in [0.29, 0.717) is 28.1 Å². The first kappa shape index (κ1) is 13.7. The molecule has 3 nitrogen and oxygen atoms in total. The number of benzene rings is 1. The Morgan fingerprint density at radius 3 is 2.50 bits per heavy atom. The van der Waals surface area contributed by atoms with Crippen LogP contribution in [0.25, 0.3) is 0 Å². The van der Waals surface area contributed by atoms with Crippen LogP contribution in [0.4, 0.5) is 5.82 Å². The standard InChI is InChI=1S/C15H15Cl2N3/c16-11-5-3-6-12(17)10(11)8-14-19-13-7-2-1-4-9(13)15(18)20-14/h3,5-6H,1-2,4,7-8H2,(H2,18,19,20). The quantitative estimate of drug-likeness (QED) is 0.917. The van der Waals surface area contributed by atoms with Gasteiger partial charge in [-0.15, -0.1) is 0 Å². The molecular weight excluding hydrogens is 293 g/mol. The third kappa shape index (κ3) is 2.60. The van der Waals surface area contributed by atoms with Crippen molar-refractivity contribution in [3.63, 3.8) is 0 Å². The Kier molecular flexibility index (Phi) is 3.81. The van der Waals surface area contributed by atoms with Gasteiger partial charge in [-0.2, -0.15) is 0 Å². The molecule has 104 valence electrons. The second kappa shape index (κ2) is 5.58. The lowest BCUT2D eigenvalue weighted by Gasteiger charge is -2.17. The van der Waals surface area contributed by atoms with Crippen molar-refractivity contribution in [1.82, 2.24) is 9.97 Å². The molecule has 0 fully saturated rings. The number of hydrogen-bond acceptors (Lipinski definition) is 3. The van der Waals surface area contributed by atoms with Gasteiger partial charge in [0.05, 0.1) is 0 Å². The van der Waals surface area contributed by atoms with Gasteiger partial charge >= 0.3 is 0 Å². The van der Waals surface area contributed by atoms with Gasteiger partial charge in [0, 0.05) is 27.7 Å². The molecule has 1 aliphatic carbocycles. The van der Waals surface area contributed by atoms with Crippen LogP contribution < -0.4 is 5.73 Å². The third-order valence-electron chi connectivity index (χ3n) is 3.66. The summed E-state index contributed by atoms with van der Waals surface area (Å²) in [5, 5.41) is 1.27. The van der Waals surface area contributed by atoms with Crippen molar-refractivity contribution in [2.45, 2.75) is 32.1 Å². The van der Waals surface area contributed by atoms with Crippen LogP contribution in [0.5, 0.6) is 0 Å². The smallest absolute Gasteiger partial charge is 0.135 e. The zero-order chi connectivity index (χ0) is 14.1. The van der Waals surface area contributed by atoms with Crippen LogP contribution in [0.1, 0.15) is 35.5 Å². The Morgan fingerprint density at radius 1 is 1.05 bits per heavy atom. The van der Waals surface area contributed by atoms with Crippen molar-refractivity contribution in [3.8, 4) is 0 Å². The molecule has 1 heterocycles. The number of fused-ring (bicyclic) bond motifs is 1. The minimum atomic E-state index is 0.510. The van der Waals surface area contributed by atoms with Crippen LogP contribution in [-0.2, 0) is 19.3 Å². The van der Waals surface area contributed by atoms with Gasteiger partial charge in [0.1, 0.15) is 11.6 Å². The third-order valence-corrected chi connectivity index (χ3v) is 4.37. The molecule has 0 unspecified atom stereocenters. The van der Waals surface area contributed by atoms with Gasteiger partial charge in [0.25, 0.3) is 0 Å². The number of nitrogens with zero attached hydrogens (tertiary/aromatic N) is 2. The maximum Gasteiger partial charge on any atom is 0.135 e. The summed E-state index contributed by atoms with van der Waals surface area (Å²) in [6, 6.07) is 5.48. The highest BCUT2D eigenvalue weighted by Gasteiger charge is 2.17. The predicted octanol–water partition coefficient (Wildman–Crippen LogP) is 3.84. The molecule has 0 saturated heterocycles. The van der Waals surface area contributed by atoms with Crippen LogP contribution in [-0.4, -0.2) is 9.97 Å². The lowest BCUT2D eigenvalue weighted by molar-refractivity contribution is 0.658. The lowest BCUT2D eigenvalue weighted by atomic mass is 9.96. The Bertz CT molecular complexity index is 636. The molecule has 0 saturated carbocycles.